The molecule has 6 heteroatoms. The minimum absolute atomic E-state index is 0. The SMILES string of the molecule is CSCCC(N)c1nnc2ccccn12.Cl. The molecule has 0 aliphatic carbocycles. The summed E-state index contributed by atoms with van der Waals surface area (Å²) < 4.78 is 1.95. The molecule has 0 saturated carbocycles. The van der Waals surface area contributed by atoms with Gasteiger partial charge in [-0.05, 0) is 30.6 Å². The van der Waals surface area contributed by atoms with Crippen molar-refractivity contribution in [2.45, 2.75) is 12.5 Å². The predicted molar refractivity (Wildman–Crippen MR) is 70.2 cm³/mol. The fourth-order valence-electron chi connectivity index (χ4n) is 1.49. The van der Waals surface area contributed by atoms with E-state index in [-0.39, 0.29) is 18.4 Å². The molecule has 88 valence electrons. The van der Waals surface area contributed by atoms with Gasteiger partial charge < -0.3 is 5.73 Å². The van der Waals surface area contributed by atoms with Gasteiger partial charge in [0.05, 0.1) is 6.04 Å². The number of nitrogens with two attached hydrogens (primary N) is 1. The molecule has 2 N–H and O–H groups in total. The molecule has 2 heterocycles. The molecule has 2 rings (SSSR count). The quantitative estimate of drug-likeness (QED) is 0.910. The number of thioether (sulfide) groups is 1. The first-order valence-corrected chi connectivity index (χ1v) is 6.26. The Morgan fingerprint density at radius 1 is 1.44 bits per heavy atom. The Labute approximate surface area is 105 Å². The molecule has 0 amide bonds. The maximum Gasteiger partial charge on any atom is 0.160 e. The van der Waals surface area contributed by atoms with Gasteiger partial charge in [0.2, 0.25) is 0 Å². The Hall–Kier alpha value is -0.780. The number of pyridine rings is 1. The normalized spacial score (nSPS) is 12.4. The summed E-state index contributed by atoms with van der Waals surface area (Å²) in [6, 6.07) is 5.80. The average molecular weight is 259 g/mol. The molecule has 0 saturated heterocycles. The molecule has 0 aliphatic heterocycles. The Bertz CT molecular complexity index is 445. The molecule has 1 atom stereocenters. The Kier molecular flexibility index (Phi) is 5.05. The first-order chi connectivity index (χ1) is 7.33. The highest BCUT2D eigenvalue weighted by Gasteiger charge is 2.12. The van der Waals surface area contributed by atoms with E-state index in [0.29, 0.717) is 0 Å². The van der Waals surface area contributed by atoms with Crippen LogP contribution in [0.15, 0.2) is 24.4 Å². The van der Waals surface area contributed by atoms with Crippen LogP contribution in [0.3, 0.4) is 0 Å². The molecule has 0 bridgehead atoms. The van der Waals surface area contributed by atoms with Crippen LogP contribution in [-0.2, 0) is 0 Å². The number of nitrogens with zero attached hydrogens (tertiary/aromatic N) is 3. The van der Waals surface area contributed by atoms with Crippen LogP contribution in [0.1, 0.15) is 18.3 Å². The number of hydrogen-bond acceptors (Lipinski definition) is 4. The van der Waals surface area contributed by atoms with Crippen LogP contribution in [0.5, 0.6) is 0 Å². The summed E-state index contributed by atoms with van der Waals surface area (Å²) in [6.07, 6.45) is 4.95. The maximum absolute atomic E-state index is 6.05. The lowest BCUT2D eigenvalue weighted by atomic mass is 10.2. The summed E-state index contributed by atoms with van der Waals surface area (Å²) in [5.74, 6) is 1.89. The lowest BCUT2D eigenvalue weighted by molar-refractivity contribution is 0.646. The van der Waals surface area contributed by atoms with Gasteiger partial charge in [-0.15, -0.1) is 22.6 Å². The third-order valence-electron chi connectivity index (χ3n) is 2.30. The summed E-state index contributed by atoms with van der Waals surface area (Å²) in [4.78, 5) is 0. The van der Waals surface area contributed by atoms with Crippen molar-refractivity contribution in [1.29, 1.82) is 0 Å². The van der Waals surface area contributed by atoms with Gasteiger partial charge in [0.15, 0.2) is 11.5 Å². The fraction of sp³-hybridized carbons (Fsp3) is 0.400. The molecular weight excluding hydrogens is 244 g/mol. The van der Waals surface area contributed by atoms with E-state index in [0.717, 1.165) is 23.6 Å². The van der Waals surface area contributed by atoms with E-state index in [9.17, 15) is 0 Å². The second-order valence-corrected chi connectivity index (χ2v) is 4.36. The summed E-state index contributed by atoms with van der Waals surface area (Å²) in [6.45, 7) is 0. The number of hydrogen-bond donors (Lipinski definition) is 1. The van der Waals surface area contributed by atoms with Crippen molar-refractivity contribution in [3.63, 3.8) is 0 Å². The van der Waals surface area contributed by atoms with Gasteiger partial charge in [-0.25, -0.2) is 0 Å². The zero-order chi connectivity index (χ0) is 10.7. The zero-order valence-electron chi connectivity index (χ0n) is 9.04. The summed E-state index contributed by atoms with van der Waals surface area (Å²) in [7, 11) is 0. The Morgan fingerprint density at radius 2 is 2.25 bits per heavy atom. The van der Waals surface area contributed by atoms with E-state index in [1.54, 1.807) is 11.8 Å². The van der Waals surface area contributed by atoms with E-state index in [4.69, 9.17) is 5.73 Å². The third-order valence-corrected chi connectivity index (χ3v) is 2.95. The van der Waals surface area contributed by atoms with E-state index in [1.807, 2.05) is 28.8 Å². The van der Waals surface area contributed by atoms with E-state index < -0.39 is 0 Å². The maximum atomic E-state index is 6.05. The summed E-state index contributed by atoms with van der Waals surface area (Å²) in [5.41, 5.74) is 6.91. The van der Waals surface area contributed by atoms with E-state index in [1.165, 1.54) is 0 Å². The molecule has 1 unspecified atom stereocenters. The lowest BCUT2D eigenvalue weighted by Gasteiger charge is -2.08. The molecule has 4 nitrogen and oxygen atoms in total. The van der Waals surface area contributed by atoms with Crippen molar-refractivity contribution in [2.24, 2.45) is 5.73 Å². The van der Waals surface area contributed by atoms with Crippen molar-refractivity contribution in [3.8, 4) is 0 Å². The summed E-state index contributed by atoms with van der Waals surface area (Å²) >= 11 is 1.80. The molecule has 0 aliphatic rings. The molecule has 2 aromatic rings. The number of halogens is 1. The van der Waals surface area contributed by atoms with Crippen LogP contribution in [0.4, 0.5) is 0 Å². The number of fused-ring (bicyclic) bond motifs is 1. The lowest BCUT2D eigenvalue weighted by Crippen LogP contribution is -2.14. The number of rotatable bonds is 4. The molecule has 0 spiro atoms. The van der Waals surface area contributed by atoms with Crippen LogP contribution in [0, 0.1) is 0 Å². The van der Waals surface area contributed by atoms with Gasteiger partial charge in [-0.1, -0.05) is 6.07 Å². The first kappa shape index (κ1) is 13.3. The minimum atomic E-state index is -0.0325. The topological polar surface area (TPSA) is 56.2 Å². The second kappa shape index (κ2) is 6.08. The highest BCUT2D eigenvalue weighted by molar-refractivity contribution is 7.98. The molecule has 0 radical (unpaired) electrons. The average Bonchev–Trinajstić information content (AvgIpc) is 2.69. The van der Waals surface area contributed by atoms with Crippen LogP contribution in [0.2, 0.25) is 0 Å². The second-order valence-electron chi connectivity index (χ2n) is 3.38. The van der Waals surface area contributed by atoms with Crippen LogP contribution < -0.4 is 5.73 Å². The predicted octanol–water partition coefficient (Wildman–Crippen LogP) is 1.90. The van der Waals surface area contributed by atoms with Crippen molar-refractivity contribution < 1.29 is 0 Å². The molecule has 16 heavy (non-hydrogen) atoms. The first-order valence-electron chi connectivity index (χ1n) is 4.87. The van der Waals surface area contributed by atoms with Crippen molar-refractivity contribution in [3.05, 3.63) is 30.2 Å². The van der Waals surface area contributed by atoms with E-state index in [2.05, 4.69) is 16.5 Å². The smallest absolute Gasteiger partial charge is 0.160 e. The van der Waals surface area contributed by atoms with Gasteiger partial charge in [0.1, 0.15) is 0 Å². The highest BCUT2D eigenvalue weighted by Crippen LogP contribution is 2.14. The molecular formula is C10H15ClN4S. The van der Waals surface area contributed by atoms with Crippen molar-refractivity contribution in [2.75, 3.05) is 12.0 Å². The zero-order valence-corrected chi connectivity index (χ0v) is 10.7. The molecule has 2 aromatic heterocycles. The Morgan fingerprint density at radius 3 is 3.00 bits per heavy atom. The van der Waals surface area contributed by atoms with Gasteiger partial charge in [-0.3, -0.25) is 4.40 Å². The van der Waals surface area contributed by atoms with Gasteiger partial charge in [-0.2, -0.15) is 11.8 Å². The molecule has 0 fully saturated rings. The summed E-state index contributed by atoms with van der Waals surface area (Å²) in [5, 5.41) is 8.20. The largest absolute Gasteiger partial charge is 0.321 e. The van der Waals surface area contributed by atoms with Crippen molar-refractivity contribution in [1.82, 2.24) is 14.6 Å². The van der Waals surface area contributed by atoms with Crippen LogP contribution in [-0.4, -0.2) is 26.6 Å². The fourth-order valence-corrected chi connectivity index (χ4v) is 1.98. The van der Waals surface area contributed by atoms with Gasteiger partial charge >= 0.3 is 0 Å². The monoisotopic (exact) mass is 258 g/mol. The standard InChI is InChI=1S/C10H14N4S.ClH/c1-15-7-5-8(11)10-13-12-9-4-2-3-6-14(9)10;/h2-4,6,8H,5,7,11H2,1H3;1H. The third kappa shape index (κ3) is 2.66. The van der Waals surface area contributed by atoms with Gasteiger partial charge in [0.25, 0.3) is 0 Å². The van der Waals surface area contributed by atoms with Gasteiger partial charge in [0, 0.05) is 6.20 Å². The van der Waals surface area contributed by atoms with Crippen LogP contribution >= 0.6 is 24.2 Å². The highest BCUT2D eigenvalue weighted by atomic mass is 35.5. The Balaban J connectivity index is 0.00000128. The van der Waals surface area contributed by atoms with E-state index >= 15 is 0 Å². The van der Waals surface area contributed by atoms with Crippen LogP contribution in [0.25, 0.3) is 5.65 Å². The minimum Gasteiger partial charge on any atom is -0.321 e. The van der Waals surface area contributed by atoms with Crippen molar-refractivity contribution >= 4 is 29.8 Å². The molecule has 0 aromatic carbocycles. The number of aromatic nitrogens is 3.